The SMILES string of the molecule is C[C@@H](Sc1ccc(Cl)cc1)C(=O)Nc1ccc(Br)cc1F. The molecule has 0 aliphatic heterocycles. The quantitative estimate of drug-likeness (QED) is 0.714. The molecule has 0 radical (unpaired) electrons. The molecule has 1 atom stereocenters. The zero-order chi connectivity index (χ0) is 15.4. The second-order valence-corrected chi connectivity index (χ2v) is 7.09. The Morgan fingerprint density at radius 3 is 2.57 bits per heavy atom. The van der Waals surface area contributed by atoms with Crippen molar-refractivity contribution in [2.45, 2.75) is 17.1 Å². The van der Waals surface area contributed by atoms with Gasteiger partial charge in [-0.3, -0.25) is 4.79 Å². The van der Waals surface area contributed by atoms with Crippen molar-refractivity contribution in [3.8, 4) is 0 Å². The highest BCUT2D eigenvalue weighted by Gasteiger charge is 2.16. The van der Waals surface area contributed by atoms with Gasteiger partial charge in [0.05, 0.1) is 10.9 Å². The largest absolute Gasteiger partial charge is 0.323 e. The lowest BCUT2D eigenvalue weighted by atomic mass is 10.3. The third-order valence-corrected chi connectivity index (χ3v) is 4.54. The number of benzene rings is 2. The summed E-state index contributed by atoms with van der Waals surface area (Å²) in [5.41, 5.74) is 0.173. The van der Waals surface area contributed by atoms with Gasteiger partial charge >= 0.3 is 0 Å². The summed E-state index contributed by atoms with van der Waals surface area (Å²) in [6.07, 6.45) is 0. The maximum absolute atomic E-state index is 13.7. The first-order chi connectivity index (χ1) is 9.95. The van der Waals surface area contributed by atoms with E-state index < -0.39 is 5.82 Å². The molecule has 2 rings (SSSR count). The molecule has 1 amide bonds. The average Bonchev–Trinajstić information content (AvgIpc) is 2.44. The van der Waals surface area contributed by atoms with Crippen LogP contribution in [0.25, 0.3) is 0 Å². The van der Waals surface area contributed by atoms with Gasteiger partial charge in [-0.2, -0.15) is 0 Å². The van der Waals surface area contributed by atoms with Crippen LogP contribution in [0.4, 0.5) is 10.1 Å². The van der Waals surface area contributed by atoms with Crippen LogP contribution in [0.2, 0.25) is 5.02 Å². The highest BCUT2D eigenvalue weighted by molar-refractivity contribution is 9.10. The second kappa shape index (κ2) is 7.29. The Hall–Kier alpha value is -1.04. The monoisotopic (exact) mass is 387 g/mol. The number of halogens is 3. The van der Waals surface area contributed by atoms with Crippen molar-refractivity contribution < 1.29 is 9.18 Å². The Morgan fingerprint density at radius 1 is 1.29 bits per heavy atom. The van der Waals surface area contributed by atoms with Crippen LogP contribution in [0.15, 0.2) is 51.8 Å². The van der Waals surface area contributed by atoms with Crippen LogP contribution in [-0.4, -0.2) is 11.2 Å². The van der Waals surface area contributed by atoms with Crippen molar-refractivity contribution in [2.75, 3.05) is 5.32 Å². The number of carbonyl (C=O) groups is 1. The summed E-state index contributed by atoms with van der Waals surface area (Å²) in [6, 6.07) is 11.7. The lowest BCUT2D eigenvalue weighted by Gasteiger charge is -2.12. The maximum atomic E-state index is 13.7. The van der Waals surface area contributed by atoms with Gasteiger partial charge < -0.3 is 5.32 Å². The molecule has 2 aromatic rings. The van der Waals surface area contributed by atoms with Crippen molar-refractivity contribution in [3.63, 3.8) is 0 Å². The topological polar surface area (TPSA) is 29.1 Å². The van der Waals surface area contributed by atoms with Crippen LogP contribution in [0.1, 0.15) is 6.92 Å². The molecule has 110 valence electrons. The molecule has 0 saturated carbocycles. The van der Waals surface area contributed by atoms with E-state index in [4.69, 9.17) is 11.6 Å². The van der Waals surface area contributed by atoms with E-state index in [0.29, 0.717) is 9.50 Å². The average molecular weight is 389 g/mol. The lowest BCUT2D eigenvalue weighted by Crippen LogP contribution is -2.22. The first-order valence-corrected chi connectivity index (χ1v) is 8.19. The number of amides is 1. The van der Waals surface area contributed by atoms with E-state index in [-0.39, 0.29) is 16.8 Å². The van der Waals surface area contributed by atoms with E-state index in [2.05, 4.69) is 21.2 Å². The van der Waals surface area contributed by atoms with Crippen molar-refractivity contribution in [1.29, 1.82) is 0 Å². The first-order valence-electron chi connectivity index (χ1n) is 6.14. The van der Waals surface area contributed by atoms with Crippen LogP contribution in [0.3, 0.4) is 0 Å². The van der Waals surface area contributed by atoms with E-state index in [1.165, 1.54) is 23.9 Å². The normalized spacial score (nSPS) is 12.0. The summed E-state index contributed by atoms with van der Waals surface area (Å²) in [7, 11) is 0. The van der Waals surface area contributed by atoms with Gasteiger partial charge in [0.25, 0.3) is 0 Å². The summed E-state index contributed by atoms with van der Waals surface area (Å²) in [5.74, 6) is -0.724. The minimum absolute atomic E-state index is 0.173. The van der Waals surface area contributed by atoms with E-state index in [9.17, 15) is 9.18 Å². The molecule has 6 heteroatoms. The van der Waals surface area contributed by atoms with E-state index in [1.54, 1.807) is 25.1 Å². The summed E-state index contributed by atoms with van der Waals surface area (Å²) in [6.45, 7) is 1.77. The fourth-order valence-electron chi connectivity index (χ4n) is 1.60. The molecule has 0 spiro atoms. The number of rotatable bonds is 4. The lowest BCUT2D eigenvalue weighted by molar-refractivity contribution is -0.115. The van der Waals surface area contributed by atoms with Gasteiger partial charge in [0, 0.05) is 14.4 Å². The Morgan fingerprint density at radius 2 is 1.95 bits per heavy atom. The van der Waals surface area contributed by atoms with Crippen LogP contribution in [-0.2, 0) is 4.79 Å². The van der Waals surface area contributed by atoms with Gasteiger partial charge in [-0.05, 0) is 49.4 Å². The van der Waals surface area contributed by atoms with Gasteiger partial charge in [-0.15, -0.1) is 11.8 Å². The predicted octanol–water partition coefficient (Wildman–Crippen LogP) is 5.36. The first kappa shape index (κ1) is 16.3. The van der Waals surface area contributed by atoms with E-state index >= 15 is 0 Å². The zero-order valence-electron chi connectivity index (χ0n) is 11.1. The highest BCUT2D eigenvalue weighted by atomic mass is 79.9. The summed E-state index contributed by atoms with van der Waals surface area (Å²) >= 11 is 10.4. The van der Waals surface area contributed by atoms with Gasteiger partial charge in [-0.25, -0.2) is 4.39 Å². The molecular weight excluding hydrogens is 377 g/mol. The molecular formula is C15H12BrClFNOS. The molecule has 0 heterocycles. The van der Waals surface area contributed by atoms with Gasteiger partial charge in [0.2, 0.25) is 5.91 Å². The van der Waals surface area contributed by atoms with Crippen molar-refractivity contribution in [3.05, 3.63) is 57.8 Å². The van der Waals surface area contributed by atoms with Crippen LogP contribution >= 0.6 is 39.3 Å². The molecule has 2 aromatic carbocycles. The minimum atomic E-state index is -0.471. The van der Waals surface area contributed by atoms with Gasteiger partial charge in [0.1, 0.15) is 5.82 Å². The molecule has 0 aliphatic carbocycles. The summed E-state index contributed by atoms with van der Waals surface area (Å²) in [4.78, 5) is 13.0. The molecule has 0 saturated heterocycles. The van der Waals surface area contributed by atoms with Crippen molar-refractivity contribution >= 4 is 50.9 Å². The zero-order valence-corrected chi connectivity index (χ0v) is 14.2. The summed E-state index contributed by atoms with van der Waals surface area (Å²) in [5, 5.41) is 2.88. The molecule has 0 unspecified atom stereocenters. The Labute approximate surface area is 140 Å². The van der Waals surface area contributed by atoms with Crippen molar-refractivity contribution in [2.24, 2.45) is 0 Å². The number of hydrogen-bond acceptors (Lipinski definition) is 2. The number of thioether (sulfide) groups is 1. The molecule has 1 N–H and O–H groups in total. The van der Waals surface area contributed by atoms with Crippen LogP contribution in [0.5, 0.6) is 0 Å². The number of nitrogens with one attached hydrogen (secondary N) is 1. The van der Waals surface area contributed by atoms with Crippen LogP contribution < -0.4 is 5.32 Å². The third-order valence-electron chi connectivity index (χ3n) is 2.68. The third kappa shape index (κ3) is 4.73. The standard InChI is InChI=1S/C15H12BrClFNOS/c1-9(21-12-5-3-11(17)4-6-12)15(20)19-14-7-2-10(16)8-13(14)18/h2-9H,1H3,(H,19,20)/t9-/m1/s1. The molecule has 0 fully saturated rings. The Kier molecular flexibility index (Phi) is 5.67. The second-order valence-electron chi connectivity index (χ2n) is 4.33. The van der Waals surface area contributed by atoms with E-state index in [0.717, 1.165) is 4.90 Å². The maximum Gasteiger partial charge on any atom is 0.237 e. The summed E-state index contributed by atoms with van der Waals surface area (Å²) < 4.78 is 14.3. The molecule has 0 bridgehead atoms. The molecule has 0 aliphatic rings. The van der Waals surface area contributed by atoms with Gasteiger partial charge in [0.15, 0.2) is 0 Å². The molecule has 0 aromatic heterocycles. The molecule has 21 heavy (non-hydrogen) atoms. The number of anilines is 1. The number of carbonyl (C=O) groups excluding carboxylic acids is 1. The number of hydrogen-bond donors (Lipinski definition) is 1. The predicted molar refractivity (Wildman–Crippen MR) is 89.5 cm³/mol. The Bertz CT molecular complexity index is 651. The highest BCUT2D eigenvalue weighted by Crippen LogP contribution is 2.26. The van der Waals surface area contributed by atoms with Crippen molar-refractivity contribution in [1.82, 2.24) is 0 Å². The molecule has 2 nitrogen and oxygen atoms in total. The fourth-order valence-corrected chi connectivity index (χ4v) is 2.92. The van der Waals surface area contributed by atoms with Gasteiger partial charge in [-0.1, -0.05) is 27.5 Å². The smallest absolute Gasteiger partial charge is 0.237 e. The van der Waals surface area contributed by atoms with Crippen LogP contribution in [0, 0.1) is 5.82 Å². The van der Waals surface area contributed by atoms with E-state index in [1.807, 2.05) is 12.1 Å². The fraction of sp³-hybridized carbons (Fsp3) is 0.133. The Balaban J connectivity index is 2.00. The minimum Gasteiger partial charge on any atom is -0.323 e.